The maximum Gasteiger partial charge on any atom is 0.303 e. The molecule has 1 heterocycles. The molecule has 1 aliphatic rings. The molecular weight excluding hydrogens is 712 g/mol. The van der Waals surface area contributed by atoms with Crippen molar-refractivity contribution in [1.29, 1.82) is 0 Å². The van der Waals surface area contributed by atoms with E-state index >= 15 is 0 Å². The molecule has 0 aliphatic carbocycles. The quantitative estimate of drug-likeness (QED) is 0.0680. The molecule has 15 heteroatoms. The molecule has 0 bridgehead atoms. The highest BCUT2D eigenvalue weighted by atomic mass is 16.5. The summed E-state index contributed by atoms with van der Waals surface area (Å²) in [6, 6.07) is 4.40. The van der Waals surface area contributed by atoms with Crippen LogP contribution in [-0.2, 0) is 33.4 Å². The van der Waals surface area contributed by atoms with Gasteiger partial charge >= 0.3 is 11.9 Å². The van der Waals surface area contributed by atoms with Gasteiger partial charge in [-0.15, -0.1) is 0 Å². The van der Waals surface area contributed by atoms with E-state index in [0.29, 0.717) is 19.3 Å². The number of carbonyl (C=O) groups is 7. The third kappa shape index (κ3) is 18.0. The first kappa shape index (κ1) is 46.5. The van der Waals surface area contributed by atoms with Crippen molar-refractivity contribution in [3.05, 3.63) is 41.5 Å². The molecule has 0 spiro atoms. The van der Waals surface area contributed by atoms with Gasteiger partial charge in [-0.1, -0.05) is 61.8 Å². The number of benzene rings is 1. The van der Waals surface area contributed by atoms with Crippen LogP contribution in [0, 0.1) is 21.7 Å². The Labute approximate surface area is 323 Å². The molecular formula is C40H60N4O11. The Bertz CT molecular complexity index is 1500. The van der Waals surface area contributed by atoms with E-state index in [1.807, 2.05) is 27.7 Å². The van der Waals surface area contributed by atoms with Gasteiger partial charge in [-0.3, -0.25) is 38.5 Å². The van der Waals surface area contributed by atoms with Crippen molar-refractivity contribution in [1.82, 2.24) is 15.5 Å². The summed E-state index contributed by atoms with van der Waals surface area (Å²) >= 11 is 0. The number of nitrogens with one attached hydrogen (secondary N) is 3. The zero-order chi connectivity index (χ0) is 41.6. The fourth-order valence-electron chi connectivity index (χ4n) is 5.64. The number of imide groups is 1. The number of carboxylic acid groups (broad SMARTS) is 2. The summed E-state index contributed by atoms with van der Waals surface area (Å²) in [6.07, 6.45) is 4.10. The molecule has 1 aliphatic heterocycles. The smallest absolute Gasteiger partial charge is 0.303 e. The van der Waals surface area contributed by atoms with Crippen LogP contribution in [0.5, 0.6) is 0 Å². The second-order valence-electron chi connectivity index (χ2n) is 17.5. The van der Waals surface area contributed by atoms with Crippen molar-refractivity contribution in [2.24, 2.45) is 21.7 Å². The van der Waals surface area contributed by atoms with E-state index in [9.17, 15) is 33.6 Å². The zero-order valence-corrected chi connectivity index (χ0v) is 33.6. The van der Waals surface area contributed by atoms with Crippen LogP contribution >= 0.6 is 0 Å². The van der Waals surface area contributed by atoms with Crippen LogP contribution in [-0.4, -0.2) is 103 Å². The summed E-state index contributed by atoms with van der Waals surface area (Å²) in [4.78, 5) is 86.8. The second kappa shape index (κ2) is 20.3. The largest absolute Gasteiger partial charge is 0.481 e. The van der Waals surface area contributed by atoms with Gasteiger partial charge in [-0.2, -0.15) is 0 Å². The van der Waals surface area contributed by atoms with E-state index < -0.39 is 45.4 Å². The molecule has 0 atom stereocenters. The zero-order valence-electron chi connectivity index (χ0n) is 33.6. The Morgan fingerprint density at radius 2 is 1.04 bits per heavy atom. The lowest BCUT2D eigenvalue weighted by molar-refractivity contribution is -0.141. The van der Waals surface area contributed by atoms with Crippen molar-refractivity contribution < 1.29 is 53.2 Å². The maximum absolute atomic E-state index is 13.5. The van der Waals surface area contributed by atoms with Crippen LogP contribution in [0.25, 0.3) is 0 Å². The first-order chi connectivity index (χ1) is 25.4. The van der Waals surface area contributed by atoms with E-state index in [2.05, 4.69) is 16.0 Å². The molecule has 2 rings (SSSR count). The molecule has 1 aromatic rings. The minimum atomic E-state index is -0.915. The predicted octanol–water partition coefficient (Wildman–Crippen LogP) is 4.66. The standard InChI is InChI=1S/C40H60N4O11/c1-37(2,19-33(48)49)23-54-25-39(5,6)21-41-35(52)27-16-28(36(53)42-22-40(7,8)26-55-24-38(3,4)20-34(50)51)18-29(17-27)43-30(45)12-10-9-11-15-44-31(46)13-14-32(44)47/h13-14,16-18H,9-12,15,19-26H2,1-8H3,(H,41,52)(H,42,53)(H,43,45)(H,48,49)(H,50,51). The van der Waals surface area contributed by atoms with Crippen molar-refractivity contribution in [2.45, 2.75) is 93.9 Å². The number of ether oxygens (including phenoxy) is 2. The number of carboxylic acids is 2. The maximum atomic E-state index is 13.5. The molecule has 5 N–H and O–H groups in total. The molecule has 0 saturated heterocycles. The second-order valence-corrected chi connectivity index (χ2v) is 17.5. The molecule has 0 saturated carbocycles. The van der Waals surface area contributed by atoms with Gasteiger partial charge in [0.2, 0.25) is 5.91 Å². The Morgan fingerprint density at radius 1 is 0.618 bits per heavy atom. The SMILES string of the molecule is CC(C)(CNC(=O)c1cc(NC(=O)CCCCCN2C(=O)C=CC2=O)cc(C(=O)NCC(C)(C)COCC(C)(C)CC(=O)O)c1)COCC(C)(C)CC(=O)O. The van der Waals surface area contributed by atoms with Crippen LogP contribution < -0.4 is 16.0 Å². The van der Waals surface area contributed by atoms with E-state index in [-0.39, 0.29) is 99.9 Å². The summed E-state index contributed by atoms with van der Waals surface area (Å²) in [7, 11) is 0. The van der Waals surface area contributed by atoms with E-state index in [4.69, 9.17) is 19.7 Å². The van der Waals surface area contributed by atoms with Gasteiger partial charge in [-0.05, 0) is 41.9 Å². The Morgan fingerprint density at radius 3 is 1.45 bits per heavy atom. The fourth-order valence-corrected chi connectivity index (χ4v) is 5.64. The van der Waals surface area contributed by atoms with Crippen molar-refractivity contribution in [2.75, 3.05) is 51.4 Å². The normalized spacial score (nSPS) is 13.6. The molecule has 306 valence electrons. The lowest BCUT2D eigenvalue weighted by Gasteiger charge is -2.28. The monoisotopic (exact) mass is 772 g/mol. The number of hydrogen-bond acceptors (Lipinski definition) is 9. The molecule has 1 aromatic carbocycles. The molecule has 0 aromatic heterocycles. The lowest BCUT2D eigenvalue weighted by atomic mass is 9.90. The van der Waals surface area contributed by atoms with Crippen LogP contribution in [0.3, 0.4) is 0 Å². The Hall–Kier alpha value is -4.63. The van der Waals surface area contributed by atoms with Crippen molar-refractivity contribution in [3.63, 3.8) is 0 Å². The van der Waals surface area contributed by atoms with Gasteiger partial charge < -0.3 is 35.6 Å². The van der Waals surface area contributed by atoms with Crippen LogP contribution in [0.1, 0.15) is 115 Å². The van der Waals surface area contributed by atoms with Crippen molar-refractivity contribution in [3.8, 4) is 0 Å². The van der Waals surface area contributed by atoms with E-state index in [1.165, 1.54) is 30.4 Å². The van der Waals surface area contributed by atoms with Gasteiger partial charge in [0.05, 0.1) is 39.3 Å². The minimum absolute atomic E-state index is 0.0494. The number of rotatable bonds is 25. The first-order valence-corrected chi connectivity index (χ1v) is 18.5. The fraction of sp³-hybridized carbons (Fsp3) is 0.625. The predicted molar refractivity (Wildman–Crippen MR) is 205 cm³/mol. The molecule has 0 fully saturated rings. The van der Waals surface area contributed by atoms with Gasteiger partial charge in [0.1, 0.15) is 0 Å². The highest BCUT2D eigenvalue weighted by Gasteiger charge is 2.28. The topological polar surface area (TPSA) is 218 Å². The third-order valence-corrected chi connectivity index (χ3v) is 8.61. The van der Waals surface area contributed by atoms with E-state index in [1.54, 1.807) is 27.7 Å². The van der Waals surface area contributed by atoms with Crippen LogP contribution in [0.4, 0.5) is 5.69 Å². The minimum Gasteiger partial charge on any atom is -0.481 e. The molecule has 0 radical (unpaired) electrons. The Balaban J connectivity index is 2.10. The molecule has 0 unspecified atom stereocenters. The molecule has 55 heavy (non-hydrogen) atoms. The first-order valence-electron chi connectivity index (χ1n) is 18.5. The van der Waals surface area contributed by atoms with Gasteiger partial charge in [0.25, 0.3) is 23.6 Å². The number of carbonyl (C=O) groups excluding carboxylic acids is 5. The third-order valence-electron chi connectivity index (χ3n) is 8.61. The number of anilines is 1. The number of nitrogens with zero attached hydrogens (tertiary/aromatic N) is 1. The number of hydrogen-bond donors (Lipinski definition) is 5. The van der Waals surface area contributed by atoms with Crippen LogP contribution in [0.2, 0.25) is 0 Å². The molecule has 15 nitrogen and oxygen atoms in total. The highest BCUT2D eigenvalue weighted by Crippen LogP contribution is 2.25. The Kier molecular flexibility index (Phi) is 17.2. The molecule has 5 amide bonds. The number of unbranched alkanes of at least 4 members (excludes halogenated alkanes) is 2. The summed E-state index contributed by atoms with van der Waals surface area (Å²) in [5, 5.41) is 26.8. The van der Waals surface area contributed by atoms with Crippen LogP contribution in [0.15, 0.2) is 30.4 Å². The average molecular weight is 773 g/mol. The average Bonchev–Trinajstić information content (AvgIpc) is 3.36. The number of aliphatic carboxylic acids is 2. The summed E-state index contributed by atoms with van der Waals surface area (Å²) in [5.41, 5.74) is -1.67. The summed E-state index contributed by atoms with van der Waals surface area (Å²) in [5.74, 6) is -3.84. The van der Waals surface area contributed by atoms with Gasteiger partial charge in [0, 0.05) is 65.9 Å². The van der Waals surface area contributed by atoms with Gasteiger partial charge in [0.15, 0.2) is 0 Å². The van der Waals surface area contributed by atoms with E-state index in [0.717, 1.165) is 4.90 Å². The summed E-state index contributed by atoms with van der Waals surface area (Å²) in [6.45, 7) is 16.4. The van der Waals surface area contributed by atoms with Gasteiger partial charge in [-0.25, -0.2) is 0 Å². The lowest BCUT2D eigenvalue weighted by Crippen LogP contribution is -2.38. The van der Waals surface area contributed by atoms with Crippen molar-refractivity contribution >= 4 is 47.2 Å². The number of amides is 5. The highest BCUT2D eigenvalue weighted by molar-refractivity contribution is 6.12. The summed E-state index contributed by atoms with van der Waals surface area (Å²) < 4.78 is 11.7.